The maximum Gasteiger partial charge on any atom is 0.319 e. The minimum absolute atomic E-state index is 0.0478. The number of morpholine rings is 1. The van der Waals surface area contributed by atoms with E-state index < -0.39 is 15.9 Å². The van der Waals surface area contributed by atoms with E-state index in [2.05, 4.69) is 20.5 Å². The van der Waals surface area contributed by atoms with Gasteiger partial charge in [-0.1, -0.05) is 0 Å². The fraction of sp³-hybridized carbons (Fsp3) is 0.450. The number of hydrogen-bond donors (Lipinski definition) is 3. The van der Waals surface area contributed by atoms with Crippen molar-refractivity contribution in [3.05, 3.63) is 35.5 Å². The Balaban J connectivity index is 1.65. The van der Waals surface area contributed by atoms with Crippen LogP contribution in [0.5, 0.6) is 0 Å². The molecule has 0 bridgehead atoms. The highest BCUT2D eigenvalue weighted by Crippen LogP contribution is 2.34. The second-order valence-corrected chi connectivity index (χ2v) is 9.69. The second kappa shape index (κ2) is 8.77. The van der Waals surface area contributed by atoms with E-state index >= 15 is 0 Å². The number of aliphatic hydroxyl groups is 1. The summed E-state index contributed by atoms with van der Waals surface area (Å²) < 4.78 is 30.1. The quantitative estimate of drug-likeness (QED) is 0.616. The molecule has 2 amide bonds. The van der Waals surface area contributed by atoms with Crippen LogP contribution in [-0.2, 0) is 26.1 Å². The third kappa shape index (κ3) is 4.78. The number of carbonyl (C=O) groups is 1. The van der Waals surface area contributed by atoms with Crippen LogP contribution in [-0.4, -0.2) is 68.5 Å². The summed E-state index contributed by atoms with van der Waals surface area (Å²) in [5.41, 5.74) is 2.51. The number of aliphatic hydroxyl groups excluding tert-OH is 1. The predicted molar refractivity (Wildman–Crippen MR) is 116 cm³/mol. The van der Waals surface area contributed by atoms with E-state index in [9.17, 15) is 13.2 Å². The van der Waals surface area contributed by atoms with E-state index in [-0.39, 0.29) is 30.7 Å². The lowest BCUT2D eigenvalue weighted by atomic mass is 10.1. The third-order valence-corrected chi connectivity index (χ3v) is 6.67. The first-order valence-electron chi connectivity index (χ1n) is 10.1. The van der Waals surface area contributed by atoms with Crippen molar-refractivity contribution < 1.29 is 23.1 Å². The average molecular weight is 448 g/mol. The van der Waals surface area contributed by atoms with Crippen molar-refractivity contribution in [2.45, 2.75) is 24.5 Å². The van der Waals surface area contributed by atoms with Gasteiger partial charge in [-0.15, -0.1) is 0 Å². The SMILES string of the molecule is CC1COCCN1c1nc(-c2ccc(NC(=O)NCCO)cc2)nc2c1CS(=O)(=O)C2. The summed E-state index contributed by atoms with van der Waals surface area (Å²) in [5, 5.41) is 14.0. The smallest absolute Gasteiger partial charge is 0.319 e. The van der Waals surface area contributed by atoms with Gasteiger partial charge in [0.2, 0.25) is 0 Å². The molecule has 10 nitrogen and oxygen atoms in total. The van der Waals surface area contributed by atoms with Crippen molar-refractivity contribution in [3.8, 4) is 11.4 Å². The number of amides is 2. The van der Waals surface area contributed by atoms with Crippen molar-refractivity contribution in [1.29, 1.82) is 0 Å². The van der Waals surface area contributed by atoms with Gasteiger partial charge in [0.15, 0.2) is 15.7 Å². The Labute approximate surface area is 180 Å². The van der Waals surface area contributed by atoms with Gasteiger partial charge < -0.3 is 25.4 Å². The summed E-state index contributed by atoms with van der Waals surface area (Å²) in [6.45, 7) is 3.80. The Morgan fingerprint density at radius 2 is 2.03 bits per heavy atom. The van der Waals surface area contributed by atoms with Gasteiger partial charge in [0.05, 0.1) is 43.1 Å². The zero-order valence-electron chi connectivity index (χ0n) is 17.2. The fourth-order valence-electron chi connectivity index (χ4n) is 3.72. The highest BCUT2D eigenvalue weighted by atomic mass is 32.2. The Hall–Kier alpha value is -2.76. The first-order valence-corrected chi connectivity index (χ1v) is 11.9. The minimum Gasteiger partial charge on any atom is -0.395 e. The molecule has 2 aliphatic rings. The molecule has 1 aromatic heterocycles. The second-order valence-electron chi connectivity index (χ2n) is 7.63. The van der Waals surface area contributed by atoms with Gasteiger partial charge in [-0.25, -0.2) is 23.2 Å². The molecule has 0 aliphatic carbocycles. The number of benzene rings is 1. The van der Waals surface area contributed by atoms with Crippen LogP contribution >= 0.6 is 0 Å². The van der Waals surface area contributed by atoms with Crippen molar-refractivity contribution in [2.24, 2.45) is 0 Å². The van der Waals surface area contributed by atoms with Gasteiger partial charge in [-0.3, -0.25) is 0 Å². The van der Waals surface area contributed by atoms with Gasteiger partial charge in [0.1, 0.15) is 5.82 Å². The number of aromatic nitrogens is 2. The lowest BCUT2D eigenvalue weighted by molar-refractivity contribution is 0.0984. The summed E-state index contributed by atoms with van der Waals surface area (Å²) in [6.07, 6.45) is 0. The molecule has 31 heavy (non-hydrogen) atoms. The van der Waals surface area contributed by atoms with E-state index in [0.717, 1.165) is 5.56 Å². The molecule has 1 fully saturated rings. The van der Waals surface area contributed by atoms with E-state index in [0.29, 0.717) is 48.3 Å². The number of urea groups is 1. The highest BCUT2D eigenvalue weighted by molar-refractivity contribution is 7.90. The molecular weight excluding hydrogens is 422 g/mol. The highest BCUT2D eigenvalue weighted by Gasteiger charge is 2.34. The fourth-order valence-corrected chi connectivity index (χ4v) is 5.21. The number of nitrogens with one attached hydrogen (secondary N) is 2. The Morgan fingerprint density at radius 1 is 1.26 bits per heavy atom. The number of carbonyl (C=O) groups excluding carboxylic acids is 1. The molecule has 11 heteroatoms. The molecule has 1 atom stereocenters. The van der Waals surface area contributed by atoms with Crippen molar-refractivity contribution in [1.82, 2.24) is 15.3 Å². The predicted octanol–water partition coefficient (Wildman–Crippen LogP) is 0.911. The average Bonchev–Trinajstić information content (AvgIpc) is 3.06. The maximum atomic E-state index is 12.3. The third-order valence-electron chi connectivity index (χ3n) is 5.23. The van der Waals surface area contributed by atoms with Crippen LogP contribution in [0.3, 0.4) is 0 Å². The summed E-state index contributed by atoms with van der Waals surface area (Å²) in [5.74, 6) is 0.963. The number of hydrogen-bond acceptors (Lipinski definition) is 8. The minimum atomic E-state index is -3.24. The molecule has 1 aromatic carbocycles. The molecule has 0 radical (unpaired) electrons. The van der Waals surface area contributed by atoms with Gasteiger partial charge in [-0.05, 0) is 31.2 Å². The Bertz CT molecular complexity index is 1070. The Morgan fingerprint density at radius 3 is 2.74 bits per heavy atom. The summed E-state index contributed by atoms with van der Waals surface area (Å²) in [7, 11) is -3.24. The maximum absolute atomic E-state index is 12.3. The number of nitrogens with zero attached hydrogens (tertiary/aromatic N) is 3. The van der Waals surface area contributed by atoms with Gasteiger partial charge in [0, 0.05) is 29.9 Å². The summed E-state index contributed by atoms with van der Waals surface area (Å²) >= 11 is 0. The lowest BCUT2D eigenvalue weighted by Crippen LogP contribution is -2.44. The van der Waals surface area contributed by atoms with Crippen LogP contribution in [0.4, 0.5) is 16.3 Å². The molecule has 0 saturated carbocycles. The van der Waals surface area contributed by atoms with Crippen LogP contribution in [0.1, 0.15) is 18.2 Å². The molecule has 1 saturated heterocycles. The zero-order chi connectivity index (χ0) is 22.0. The molecular formula is C20H25N5O5S. The number of ether oxygens (including phenoxy) is 1. The van der Waals surface area contributed by atoms with Crippen LogP contribution in [0, 0.1) is 0 Å². The van der Waals surface area contributed by atoms with Crippen molar-refractivity contribution in [3.63, 3.8) is 0 Å². The molecule has 2 aromatic rings. The summed E-state index contributed by atoms with van der Waals surface area (Å²) in [4.78, 5) is 23.1. The largest absolute Gasteiger partial charge is 0.395 e. The van der Waals surface area contributed by atoms with E-state index in [1.807, 2.05) is 6.92 Å². The van der Waals surface area contributed by atoms with Crippen LogP contribution in [0.15, 0.2) is 24.3 Å². The lowest BCUT2D eigenvalue weighted by Gasteiger charge is -2.35. The van der Waals surface area contributed by atoms with Crippen LogP contribution in [0.25, 0.3) is 11.4 Å². The number of fused-ring (bicyclic) bond motifs is 1. The zero-order valence-corrected chi connectivity index (χ0v) is 18.0. The number of anilines is 2. The van der Waals surface area contributed by atoms with E-state index in [4.69, 9.17) is 14.8 Å². The first kappa shape index (κ1) is 21.5. The molecule has 0 spiro atoms. The normalized spacial score (nSPS) is 19.7. The van der Waals surface area contributed by atoms with Crippen molar-refractivity contribution >= 4 is 27.4 Å². The molecule has 1 unspecified atom stereocenters. The van der Waals surface area contributed by atoms with E-state index in [1.54, 1.807) is 24.3 Å². The van der Waals surface area contributed by atoms with E-state index in [1.165, 1.54) is 0 Å². The topological polar surface area (TPSA) is 134 Å². The molecule has 2 aliphatic heterocycles. The van der Waals surface area contributed by atoms with Gasteiger partial charge >= 0.3 is 6.03 Å². The number of rotatable bonds is 5. The van der Waals surface area contributed by atoms with Gasteiger partial charge in [-0.2, -0.15) is 0 Å². The monoisotopic (exact) mass is 447 g/mol. The molecule has 3 N–H and O–H groups in total. The number of sulfone groups is 1. The summed E-state index contributed by atoms with van der Waals surface area (Å²) in [6, 6.07) is 6.66. The van der Waals surface area contributed by atoms with Crippen molar-refractivity contribution in [2.75, 3.05) is 43.1 Å². The molecule has 4 rings (SSSR count). The van der Waals surface area contributed by atoms with Crippen LogP contribution < -0.4 is 15.5 Å². The molecule has 3 heterocycles. The Kier molecular flexibility index (Phi) is 6.08. The standard InChI is InChI=1S/C20H25N5O5S/c1-13-10-30-9-7-25(13)19-16-11-31(28,29)12-17(16)23-18(24-19)14-2-4-15(5-3-14)22-20(27)21-6-8-26/h2-5,13,26H,6-12H2,1H3,(H2,21,22,27). The molecule has 166 valence electrons. The van der Waals surface area contributed by atoms with Crippen LogP contribution in [0.2, 0.25) is 0 Å². The van der Waals surface area contributed by atoms with Gasteiger partial charge in [0.25, 0.3) is 0 Å². The first-order chi connectivity index (χ1) is 14.9.